The van der Waals surface area contributed by atoms with Crippen LogP contribution in [0.25, 0.3) is 0 Å². The van der Waals surface area contributed by atoms with Gasteiger partial charge in [0, 0.05) is 24.8 Å². The molecule has 2 nitrogen and oxygen atoms in total. The van der Waals surface area contributed by atoms with E-state index in [1.165, 1.54) is 10.5 Å². The molecule has 1 aromatic carbocycles. The lowest BCUT2D eigenvalue weighted by Crippen LogP contribution is -2.43. The number of halogens is 3. The molecule has 0 atom stereocenters. The molecule has 1 saturated heterocycles. The molecule has 0 bridgehead atoms. The number of anilines is 1. The van der Waals surface area contributed by atoms with Crippen LogP contribution in [0, 0.1) is 6.92 Å². The molecule has 0 saturated carbocycles. The van der Waals surface area contributed by atoms with E-state index in [0.717, 1.165) is 18.5 Å². The van der Waals surface area contributed by atoms with Crippen LogP contribution in [0.3, 0.4) is 0 Å². The number of piperidine rings is 1. The Morgan fingerprint density at radius 2 is 1.95 bits per heavy atom. The average Bonchev–Trinajstić information content (AvgIpc) is 2.30. The van der Waals surface area contributed by atoms with Crippen LogP contribution in [0.1, 0.15) is 18.4 Å². The van der Waals surface area contributed by atoms with E-state index in [2.05, 4.69) is 11.4 Å². The number of alkyl halides is 3. The number of rotatable bonds is 3. The molecule has 0 spiro atoms. The second kappa shape index (κ2) is 5.82. The minimum Gasteiger partial charge on any atom is -0.382 e. The number of nitrogens with zero attached hydrogens (tertiary/aromatic N) is 1. The zero-order valence-corrected chi connectivity index (χ0v) is 11.0. The predicted octanol–water partition coefficient (Wildman–Crippen LogP) is 3.43. The first-order valence-corrected chi connectivity index (χ1v) is 6.55. The number of hydrogen-bond acceptors (Lipinski definition) is 2. The molecule has 5 heteroatoms. The minimum atomic E-state index is -4.09. The summed E-state index contributed by atoms with van der Waals surface area (Å²) < 4.78 is 36.8. The predicted molar refractivity (Wildman–Crippen MR) is 70.3 cm³/mol. The maximum absolute atomic E-state index is 12.3. The second-order valence-corrected chi connectivity index (χ2v) is 5.18. The summed E-state index contributed by atoms with van der Waals surface area (Å²) in [5, 5.41) is 3.40. The number of hydrogen-bond donors (Lipinski definition) is 1. The molecule has 1 fully saturated rings. The highest BCUT2D eigenvalue weighted by molar-refractivity contribution is 5.46. The quantitative estimate of drug-likeness (QED) is 0.907. The minimum absolute atomic E-state index is 0.270. The van der Waals surface area contributed by atoms with Crippen LogP contribution < -0.4 is 5.32 Å². The summed E-state index contributed by atoms with van der Waals surface area (Å²) in [5.74, 6) is 0. The topological polar surface area (TPSA) is 15.3 Å². The number of aryl methyl sites for hydroxylation is 1. The molecule has 1 aromatic rings. The normalized spacial score (nSPS) is 18.5. The molecule has 1 aliphatic heterocycles. The Kier molecular flexibility index (Phi) is 4.34. The molecular formula is C14H19F3N2. The van der Waals surface area contributed by atoms with Gasteiger partial charge in [0.2, 0.25) is 0 Å². The van der Waals surface area contributed by atoms with Crippen LogP contribution in [0.5, 0.6) is 0 Å². The average molecular weight is 272 g/mol. The van der Waals surface area contributed by atoms with Gasteiger partial charge in [-0.05, 0) is 37.5 Å². The zero-order valence-electron chi connectivity index (χ0n) is 11.0. The summed E-state index contributed by atoms with van der Waals surface area (Å²) >= 11 is 0. The van der Waals surface area contributed by atoms with E-state index >= 15 is 0 Å². The zero-order chi connectivity index (χ0) is 13.9. The van der Waals surface area contributed by atoms with Crippen molar-refractivity contribution in [2.24, 2.45) is 0 Å². The van der Waals surface area contributed by atoms with Gasteiger partial charge >= 0.3 is 6.18 Å². The SMILES string of the molecule is Cc1cccc(NC2CCN(CC(F)(F)F)CC2)c1. The highest BCUT2D eigenvalue weighted by Gasteiger charge is 2.32. The third-order valence-corrected chi connectivity index (χ3v) is 3.38. The van der Waals surface area contributed by atoms with Crippen molar-refractivity contribution in [3.05, 3.63) is 29.8 Å². The van der Waals surface area contributed by atoms with Crippen LogP contribution in [0.15, 0.2) is 24.3 Å². The second-order valence-electron chi connectivity index (χ2n) is 5.18. The standard InChI is InChI=1S/C14H19F3N2/c1-11-3-2-4-13(9-11)18-12-5-7-19(8-6-12)10-14(15,16)17/h2-4,9,12,18H,5-8,10H2,1H3. The third kappa shape index (κ3) is 4.74. The van der Waals surface area contributed by atoms with Crippen LogP contribution >= 0.6 is 0 Å². The molecule has 0 aromatic heterocycles. The Bertz CT molecular complexity index is 409. The molecule has 19 heavy (non-hydrogen) atoms. The Hall–Kier alpha value is -1.23. The van der Waals surface area contributed by atoms with Gasteiger partial charge in [-0.1, -0.05) is 12.1 Å². The van der Waals surface area contributed by atoms with E-state index in [1.807, 2.05) is 25.1 Å². The van der Waals surface area contributed by atoms with Crippen molar-refractivity contribution >= 4 is 5.69 Å². The maximum atomic E-state index is 12.3. The summed E-state index contributed by atoms with van der Waals surface area (Å²) in [6.45, 7) is 2.24. The lowest BCUT2D eigenvalue weighted by Gasteiger charge is -2.33. The number of likely N-dealkylation sites (tertiary alicyclic amines) is 1. The van der Waals surface area contributed by atoms with Crippen molar-refractivity contribution < 1.29 is 13.2 Å². The van der Waals surface area contributed by atoms with Gasteiger partial charge in [0.05, 0.1) is 6.54 Å². The fraction of sp³-hybridized carbons (Fsp3) is 0.571. The van der Waals surface area contributed by atoms with Crippen LogP contribution in [0.4, 0.5) is 18.9 Å². The van der Waals surface area contributed by atoms with E-state index < -0.39 is 12.7 Å². The molecular weight excluding hydrogens is 253 g/mol. The fourth-order valence-electron chi connectivity index (χ4n) is 2.46. The number of benzene rings is 1. The Morgan fingerprint density at radius 3 is 2.53 bits per heavy atom. The summed E-state index contributed by atoms with van der Waals surface area (Å²) in [4.78, 5) is 1.48. The van der Waals surface area contributed by atoms with E-state index in [-0.39, 0.29) is 6.04 Å². The van der Waals surface area contributed by atoms with Crippen molar-refractivity contribution in [1.82, 2.24) is 4.90 Å². The largest absolute Gasteiger partial charge is 0.401 e. The summed E-state index contributed by atoms with van der Waals surface area (Å²) in [7, 11) is 0. The van der Waals surface area contributed by atoms with Gasteiger partial charge in [-0.25, -0.2) is 0 Å². The highest BCUT2D eigenvalue weighted by atomic mass is 19.4. The van der Waals surface area contributed by atoms with Crippen LogP contribution in [0.2, 0.25) is 0 Å². The van der Waals surface area contributed by atoms with Crippen molar-refractivity contribution in [3.63, 3.8) is 0 Å². The van der Waals surface area contributed by atoms with Crippen LogP contribution in [-0.4, -0.2) is 36.8 Å². The van der Waals surface area contributed by atoms with Crippen molar-refractivity contribution in [2.75, 3.05) is 25.0 Å². The Labute approximate surface area is 111 Å². The lowest BCUT2D eigenvalue weighted by molar-refractivity contribution is -0.147. The summed E-state index contributed by atoms with van der Waals surface area (Å²) in [6, 6.07) is 8.33. The fourth-order valence-corrected chi connectivity index (χ4v) is 2.46. The molecule has 0 aliphatic carbocycles. The molecule has 106 valence electrons. The summed E-state index contributed by atoms with van der Waals surface area (Å²) in [5.41, 5.74) is 2.23. The van der Waals surface area contributed by atoms with E-state index in [1.54, 1.807) is 0 Å². The van der Waals surface area contributed by atoms with Crippen molar-refractivity contribution in [2.45, 2.75) is 32.0 Å². The van der Waals surface area contributed by atoms with Crippen molar-refractivity contribution in [1.29, 1.82) is 0 Å². The Morgan fingerprint density at radius 1 is 1.26 bits per heavy atom. The molecule has 0 unspecified atom stereocenters. The molecule has 0 radical (unpaired) electrons. The van der Waals surface area contributed by atoms with Gasteiger partial charge < -0.3 is 5.32 Å². The first kappa shape index (κ1) is 14.2. The maximum Gasteiger partial charge on any atom is 0.401 e. The van der Waals surface area contributed by atoms with Crippen molar-refractivity contribution in [3.8, 4) is 0 Å². The first-order chi connectivity index (χ1) is 8.92. The highest BCUT2D eigenvalue weighted by Crippen LogP contribution is 2.21. The van der Waals surface area contributed by atoms with Gasteiger partial charge in [-0.2, -0.15) is 13.2 Å². The monoisotopic (exact) mass is 272 g/mol. The van der Waals surface area contributed by atoms with Gasteiger partial charge in [0.15, 0.2) is 0 Å². The van der Waals surface area contributed by atoms with Crippen LogP contribution in [-0.2, 0) is 0 Å². The molecule has 1 heterocycles. The van der Waals surface area contributed by atoms with E-state index in [0.29, 0.717) is 13.1 Å². The number of nitrogens with one attached hydrogen (secondary N) is 1. The van der Waals surface area contributed by atoms with Gasteiger partial charge in [-0.15, -0.1) is 0 Å². The smallest absolute Gasteiger partial charge is 0.382 e. The van der Waals surface area contributed by atoms with Gasteiger partial charge in [0.25, 0.3) is 0 Å². The molecule has 0 amide bonds. The summed E-state index contributed by atoms with van der Waals surface area (Å²) in [6.07, 6.45) is -2.58. The van der Waals surface area contributed by atoms with E-state index in [4.69, 9.17) is 0 Å². The van der Waals surface area contributed by atoms with Gasteiger partial charge in [-0.3, -0.25) is 4.90 Å². The molecule has 1 N–H and O–H groups in total. The first-order valence-electron chi connectivity index (χ1n) is 6.55. The third-order valence-electron chi connectivity index (χ3n) is 3.38. The lowest BCUT2D eigenvalue weighted by atomic mass is 10.0. The van der Waals surface area contributed by atoms with Gasteiger partial charge in [0.1, 0.15) is 0 Å². The molecule has 1 aliphatic rings. The molecule has 2 rings (SSSR count). The van der Waals surface area contributed by atoms with E-state index in [9.17, 15) is 13.2 Å². The Balaban J connectivity index is 1.80.